The van der Waals surface area contributed by atoms with Gasteiger partial charge < -0.3 is 5.73 Å². The molecule has 3 rings (SSSR count). The van der Waals surface area contributed by atoms with Gasteiger partial charge in [-0.25, -0.2) is 9.37 Å². The van der Waals surface area contributed by atoms with Crippen molar-refractivity contribution >= 4 is 22.9 Å². The first kappa shape index (κ1) is 13.0. The number of halogens is 2. The highest BCUT2D eigenvalue weighted by Crippen LogP contribution is 2.39. The summed E-state index contributed by atoms with van der Waals surface area (Å²) in [6.45, 7) is 0. The van der Waals surface area contributed by atoms with Crippen LogP contribution < -0.4 is 5.73 Å². The van der Waals surface area contributed by atoms with E-state index in [-0.39, 0.29) is 11.4 Å². The third-order valence-electron chi connectivity index (χ3n) is 3.63. The average Bonchev–Trinajstić information content (AvgIpc) is 2.99. The standard InChI is InChI=1S/C14H14ClFN2S/c15-11-7-9(16)3-4-10(11)12-8-19-13(18-12)14(17)5-1-2-6-14/h3-4,7-8H,1-2,5-6,17H2. The monoisotopic (exact) mass is 296 g/mol. The van der Waals surface area contributed by atoms with Crippen molar-refractivity contribution in [2.45, 2.75) is 31.2 Å². The number of hydrogen-bond acceptors (Lipinski definition) is 3. The van der Waals surface area contributed by atoms with Crippen LogP contribution in [0.4, 0.5) is 4.39 Å². The summed E-state index contributed by atoms with van der Waals surface area (Å²) in [7, 11) is 0. The predicted octanol–water partition coefficient (Wildman–Crippen LogP) is 4.33. The van der Waals surface area contributed by atoms with Gasteiger partial charge in [0.2, 0.25) is 0 Å². The lowest BCUT2D eigenvalue weighted by molar-refractivity contribution is 0.459. The Morgan fingerprint density at radius 1 is 1.32 bits per heavy atom. The molecule has 0 atom stereocenters. The number of nitrogens with two attached hydrogens (primary N) is 1. The van der Waals surface area contributed by atoms with Crippen molar-refractivity contribution in [3.8, 4) is 11.3 Å². The number of nitrogens with zero attached hydrogens (tertiary/aromatic N) is 1. The SMILES string of the molecule is NC1(c2nc(-c3ccc(F)cc3Cl)cs2)CCCC1. The summed E-state index contributed by atoms with van der Waals surface area (Å²) in [6, 6.07) is 4.37. The van der Waals surface area contributed by atoms with Crippen LogP contribution in [0.5, 0.6) is 0 Å². The summed E-state index contributed by atoms with van der Waals surface area (Å²) >= 11 is 7.63. The van der Waals surface area contributed by atoms with Crippen molar-refractivity contribution in [2.75, 3.05) is 0 Å². The molecule has 0 amide bonds. The van der Waals surface area contributed by atoms with E-state index >= 15 is 0 Å². The third-order valence-corrected chi connectivity index (χ3v) is 5.01. The molecular formula is C14H14ClFN2S. The van der Waals surface area contributed by atoms with Gasteiger partial charge in [0.1, 0.15) is 10.8 Å². The Morgan fingerprint density at radius 2 is 2.05 bits per heavy atom. The number of hydrogen-bond donors (Lipinski definition) is 1. The zero-order valence-electron chi connectivity index (χ0n) is 10.3. The Bertz CT molecular complexity index is 605. The Labute approximate surface area is 120 Å². The Kier molecular flexibility index (Phi) is 3.33. The molecule has 100 valence electrons. The molecule has 19 heavy (non-hydrogen) atoms. The van der Waals surface area contributed by atoms with Gasteiger partial charge in [-0.2, -0.15) is 0 Å². The number of thiazole rings is 1. The summed E-state index contributed by atoms with van der Waals surface area (Å²) < 4.78 is 13.1. The number of aromatic nitrogens is 1. The molecule has 1 aromatic heterocycles. The van der Waals surface area contributed by atoms with Crippen LogP contribution in [0.2, 0.25) is 5.02 Å². The van der Waals surface area contributed by atoms with E-state index in [0.29, 0.717) is 5.02 Å². The fourth-order valence-electron chi connectivity index (χ4n) is 2.54. The summed E-state index contributed by atoms with van der Waals surface area (Å²) in [5.74, 6) is -0.338. The molecule has 1 fully saturated rings. The number of rotatable bonds is 2. The van der Waals surface area contributed by atoms with E-state index < -0.39 is 0 Å². The second-order valence-electron chi connectivity index (χ2n) is 5.03. The maximum Gasteiger partial charge on any atom is 0.124 e. The minimum Gasteiger partial charge on any atom is -0.319 e. The van der Waals surface area contributed by atoms with Gasteiger partial charge in [-0.05, 0) is 31.0 Å². The molecule has 0 bridgehead atoms. The van der Waals surface area contributed by atoms with Gasteiger partial charge in [-0.3, -0.25) is 0 Å². The first-order valence-corrected chi connectivity index (χ1v) is 7.55. The van der Waals surface area contributed by atoms with E-state index in [1.54, 1.807) is 17.4 Å². The molecule has 5 heteroatoms. The Morgan fingerprint density at radius 3 is 2.74 bits per heavy atom. The normalized spacial score (nSPS) is 17.8. The van der Waals surface area contributed by atoms with Crippen molar-refractivity contribution in [1.82, 2.24) is 4.98 Å². The molecule has 0 saturated heterocycles. The first-order chi connectivity index (χ1) is 9.08. The summed E-state index contributed by atoms with van der Waals surface area (Å²) in [5, 5.41) is 3.29. The van der Waals surface area contributed by atoms with Crippen LogP contribution in [-0.2, 0) is 5.54 Å². The lowest BCUT2D eigenvalue weighted by atomic mass is 10.0. The molecule has 0 spiro atoms. The molecule has 1 saturated carbocycles. The van der Waals surface area contributed by atoms with Gasteiger partial charge in [0.05, 0.1) is 16.3 Å². The van der Waals surface area contributed by atoms with Gasteiger partial charge in [-0.1, -0.05) is 24.4 Å². The number of benzene rings is 1. The van der Waals surface area contributed by atoms with Crippen LogP contribution in [0, 0.1) is 5.82 Å². The van der Waals surface area contributed by atoms with Crippen LogP contribution in [0.15, 0.2) is 23.6 Å². The highest BCUT2D eigenvalue weighted by Gasteiger charge is 2.34. The van der Waals surface area contributed by atoms with Gasteiger partial charge in [-0.15, -0.1) is 11.3 Å². The van der Waals surface area contributed by atoms with E-state index in [2.05, 4.69) is 4.98 Å². The zero-order chi connectivity index (χ0) is 13.5. The predicted molar refractivity (Wildman–Crippen MR) is 76.9 cm³/mol. The largest absolute Gasteiger partial charge is 0.319 e. The van der Waals surface area contributed by atoms with Crippen LogP contribution in [0.25, 0.3) is 11.3 Å². The van der Waals surface area contributed by atoms with Crippen LogP contribution in [-0.4, -0.2) is 4.98 Å². The smallest absolute Gasteiger partial charge is 0.124 e. The average molecular weight is 297 g/mol. The molecule has 0 aliphatic heterocycles. The van der Waals surface area contributed by atoms with Gasteiger partial charge in [0.25, 0.3) is 0 Å². The molecule has 0 unspecified atom stereocenters. The molecule has 1 aliphatic carbocycles. The van der Waals surface area contributed by atoms with Crippen LogP contribution in [0.3, 0.4) is 0 Å². The fraction of sp³-hybridized carbons (Fsp3) is 0.357. The molecule has 0 radical (unpaired) electrons. The van der Waals surface area contributed by atoms with E-state index in [9.17, 15) is 4.39 Å². The second-order valence-corrected chi connectivity index (χ2v) is 6.29. The fourth-order valence-corrected chi connectivity index (χ4v) is 3.80. The lowest BCUT2D eigenvalue weighted by Gasteiger charge is -2.19. The first-order valence-electron chi connectivity index (χ1n) is 6.29. The summed E-state index contributed by atoms with van der Waals surface area (Å²) in [4.78, 5) is 4.61. The molecule has 1 aromatic carbocycles. The zero-order valence-corrected chi connectivity index (χ0v) is 11.9. The molecular weight excluding hydrogens is 283 g/mol. The molecule has 2 nitrogen and oxygen atoms in total. The molecule has 1 aliphatic rings. The second kappa shape index (κ2) is 4.85. The minimum absolute atomic E-state index is 0.282. The maximum atomic E-state index is 13.1. The molecule has 2 N–H and O–H groups in total. The van der Waals surface area contributed by atoms with E-state index in [1.807, 2.05) is 5.38 Å². The van der Waals surface area contributed by atoms with Gasteiger partial charge in [0, 0.05) is 10.9 Å². The van der Waals surface area contributed by atoms with Crippen molar-refractivity contribution in [1.29, 1.82) is 0 Å². The molecule has 2 aromatic rings. The molecule has 1 heterocycles. The van der Waals surface area contributed by atoms with Crippen molar-refractivity contribution in [2.24, 2.45) is 5.73 Å². The Hall–Kier alpha value is -0.970. The van der Waals surface area contributed by atoms with Gasteiger partial charge >= 0.3 is 0 Å². The quantitative estimate of drug-likeness (QED) is 0.896. The highest BCUT2D eigenvalue weighted by molar-refractivity contribution is 7.10. The lowest BCUT2D eigenvalue weighted by Crippen LogP contribution is -2.32. The summed E-state index contributed by atoms with van der Waals surface area (Å²) in [6.07, 6.45) is 4.28. The topological polar surface area (TPSA) is 38.9 Å². The van der Waals surface area contributed by atoms with Crippen molar-refractivity contribution in [3.05, 3.63) is 39.4 Å². The van der Waals surface area contributed by atoms with Crippen molar-refractivity contribution in [3.63, 3.8) is 0 Å². The van der Waals surface area contributed by atoms with Gasteiger partial charge in [0.15, 0.2) is 0 Å². The van der Waals surface area contributed by atoms with Crippen LogP contribution >= 0.6 is 22.9 Å². The maximum absolute atomic E-state index is 13.1. The summed E-state index contributed by atoms with van der Waals surface area (Å²) in [5.41, 5.74) is 7.64. The van der Waals surface area contributed by atoms with E-state index in [4.69, 9.17) is 17.3 Å². The third kappa shape index (κ3) is 2.40. The Balaban J connectivity index is 1.97. The minimum atomic E-state index is -0.338. The highest BCUT2D eigenvalue weighted by atomic mass is 35.5. The van der Waals surface area contributed by atoms with E-state index in [0.717, 1.165) is 41.9 Å². The van der Waals surface area contributed by atoms with Crippen molar-refractivity contribution < 1.29 is 4.39 Å². The van der Waals surface area contributed by atoms with E-state index in [1.165, 1.54) is 12.1 Å². The van der Waals surface area contributed by atoms with Crippen LogP contribution in [0.1, 0.15) is 30.7 Å².